The lowest BCUT2D eigenvalue weighted by Crippen LogP contribution is -2.39. The van der Waals surface area contributed by atoms with Gasteiger partial charge in [0.25, 0.3) is 0 Å². The molecule has 0 bridgehead atoms. The standard InChI is InChI=1S/C19H23N/c1-3-15-9-10-18-14(2)19(20-13-17(18)11-15)12-16-7-5-4-6-8-16/h4-11,14,19-20H,3,12-13H2,1-2H3. The molecule has 0 amide bonds. The summed E-state index contributed by atoms with van der Waals surface area (Å²) in [5, 5.41) is 3.72. The molecule has 3 rings (SSSR count). The zero-order valence-electron chi connectivity index (χ0n) is 12.4. The molecule has 2 aromatic rings. The van der Waals surface area contributed by atoms with Crippen molar-refractivity contribution in [1.82, 2.24) is 5.32 Å². The minimum Gasteiger partial charge on any atom is -0.309 e. The highest BCUT2D eigenvalue weighted by atomic mass is 14.9. The largest absolute Gasteiger partial charge is 0.309 e. The zero-order valence-corrected chi connectivity index (χ0v) is 12.4. The summed E-state index contributed by atoms with van der Waals surface area (Å²) in [5.74, 6) is 0.574. The predicted molar refractivity (Wildman–Crippen MR) is 85.0 cm³/mol. The monoisotopic (exact) mass is 265 g/mol. The second-order valence-corrected chi connectivity index (χ2v) is 5.85. The number of rotatable bonds is 3. The minimum absolute atomic E-state index is 0.539. The Morgan fingerprint density at radius 2 is 1.85 bits per heavy atom. The number of benzene rings is 2. The summed E-state index contributed by atoms with van der Waals surface area (Å²) in [6.07, 6.45) is 2.23. The first-order valence-electron chi connectivity index (χ1n) is 7.67. The Labute approximate surface area is 122 Å². The maximum atomic E-state index is 3.72. The van der Waals surface area contributed by atoms with Crippen molar-refractivity contribution in [3.05, 3.63) is 70.8 Å². The first-order chi connectivity index (χ1) is 9.78. The second kappa shape index (κ2) is 5.80. The van der Waals surface area contributed by atoms with Crippen molar-refractivity contribution >= 4 is 0 Å². The molecule has 1 N–H and O–H groups in total. The Bertz CT molecular complexity index is 574. The molecular formula is C19H23N. The molecule has 2 aromatic carbocycles. The number of nitrogens with one attached hydrogen (secondary N) is 1. The molecular weight excluding hydrogens is 242 g/mol. The molecule has 2 unspecified atom stereocenters. The van der Waals surface area contributed by atoms with Crippen LogP contribution < -0.4 is 5.32 Å². The molecule has 1 aliphatic rings. The fourth-order valence-corrected chi connectivity index (χ4v) is 3.23. The van der Waals surface area contributed by atoms with Gasteiger partial charge in [-0.3, -0.25) is 0 Å². The van der Waals surface area contributed by atoms with Gasteiger partial charge in [0.2, 0.25) is 0 Å². The fourth-order valence-electron chi connectivity index (χ4n) is 3.23. The highest BCUT2D eigenvalue weighted by Crippen LogP contribution is 2.30. The third-order valence-corrected chi connectivity index (χ3v) is 4.56. The molecule has 1 heterocycles. The quantitative estimate of drug-likeness (QED) is 0.882. The Morgan fingerprint density at radius 1 is 1.05 bits per heavy atom. The SMILES string of the molecule is CCc1ccc2c(c1)CNC(Cc1ccccc1)C2C. The Morgan fingerprint density at radius 3 is 2.60 bits per heavy atom. The van der Waals surface area contributed by atoms with Crippen molar-refractivity contribution in [2.45, 2.75) is 45.2 Å². The van der Waals surface area contributed by atoms with E-state index in [1.165, 1.54) is 22.3 Å². The van der Waals surface area contributed by atoms with Gasteiger partial charge in [-0.15, -0.1) is 0 Å². The molecule has 1 nitrogen and oxygen atoms in total. The number of hydrogen-bond acceptors (Lipinski definition) is 1. The van der Waals surface area contributed by atoms with Gasteiger partial charge in [-0.05, 0) is 41.0 Å². The Hall–Kier alpha value is -1.60. The van der Waals surface area contributed by atoms with Gasteiger partial charge >= 0.3 is 0 Å². The average Bonchev–Trinajstić information content (AvgIpc) is 2.51. The molecule has 1 heteroatoms. The van der Waals surface area contributed by atoms with Gasteiger partial charge < -0.3 is 5.32 Å². The van der Waals surface area contributed by atoms with Crippen LogP contribution in [0.1, 0.15) is 42.0 Å². The molecule has 0 radical (unpaired) electrons. The summed E-state index contributed by atoms with van der Waals surface area (Å²) in [6, 6.07) is 18.3. The lowest BCUT2D eigenvalue weighted by Gasteiger charge is -2.33. The molecule has 0 saturated carbocycles. The van der Waals surface area contributed by atoms with E-state index < -0.39 is 0 Å². The first-order valence-corrected chi connectivity index (χ1v) is 7.67. The summed E-state index contributed by atoms with van der Waals surface area (Å²) in [5.41, 5.74) is 5.88. The van der Waals surface area contributed by atoms with Crippen LogP contribution in [0.15, 0.2) is 48.5 Å². The van der Waals surface area contributed by atoms with Crippen molar-refractivity contribution < 1.29 is 0 Å². The normalized spacial score (nSPS) is 21.5. The van der Waals surface area contributed by atoms with E-state index in [9.17, 15) is 0 Å². The predicted octanol–water partition coefficient (Wildman–Crippen LogP) is 4.07. The topological polar surface area (TPSA) is 12.0 Å². The van der Waals surface area contributed by atoms with Gasteiger partial charge in [0.05, 0.1) is 0 Å². The van der Waals surface area contributed by atoms with Gasteiger partial charge in [0.15, 0.2) is 0 Å². The second-order valence-electron chi connectivity index (χ2n) is 5.85. The van der Waals surface area contributed by atoms with Gasteiger partial charge in [0, 0.05) is 12.6 Å². The summed E-state index contributed by atoms with van der Waals surface area (Å²) in [6.45, 7) is 5.58. The summed E-state index contributed by atoms with van der Waals surface area (Å²) >= 11 is 0. The van der Waals surface area contributed by atoms with E-state index in [1.807, 2.05) is 0 Å². The van der Waals surface area contributed by atoms with E-state index >= 15 is 0 Å². The lowest BCUT2D eigenvalue weighted by atomic mass is 9.82. The lowest BCUT2D eigenvalue weighted by molar-refractivity contribution is 0.417. The smallest absolute Gasteiger partial charge is 0.0211 e. The molecule has 2 atom stereocenters. The van der Waals surface area contributed by atoms with Crippen molar-refractivity contribution in [3.8, 4) is 0 Å². The molecule has 0 aliphatic carbocycles. The zero-order chi connectivity index (χ0) is 13.9. The molecule has 0 spiro atoms. The van der Waals surface area contributed by atoms with E-state index in [4.69, 9.17) is 0 Å². The van der Waals surface area contributed by atoms with E-state index in [0.717, 1.165) is 19.4 Å². The minimum atomic E-state index is 0.539. The van der Waals surface area contributed by atoms with Gasteiger partial charge in [-0.25, -0.2) is 0 Å². The number of fused-ring (bicyclic) bond motifs is 1. The Balaban J connectivity index is 1.80. The fraction of sp³-hybridized carbons (Fsp3) is 0.368. The van der Waals surface area contributed by atoms with Crippen LogP contribution >= 0.6 is 0 Å². The molecule has 104 valence electrons. The molecule has 1 aliphatic heterocycles. The van der Waals surface area contributed by atoms with E-state index in [1.54, 1.807) is 0 Å². The summed E-state index contributed by atoms with van der Waals surface area (Å²) in [7, 11) is 0. The van der Waals surface area contributed by atoms with Gasteiger partial charge in [-0.1, -0.05) is 62.4 Å². The van der Waals surface area contributed by atoms with Crippen LogP contribution in [0, 0.1) is 0 Å². The van der Waals surface area contributed by atoms with Crippen molar-refractivity contribution in [1.29, 1.82) is 0 Å². The van der Waals surface area contributed by atoms with Crippen molar-refractivity contribution in [3.63, 3.8) is 0 Å². The molecule has 0 aromatic heterocycles. The van der Waals surface area contributed by atoms with E-state index in [-0.39, 0.29) is 0 Å². The van der Waals surface area contributed by atoms with Crippen LogP contribution in [0.3, 0.4) is 0 Å². The van der Waals surface area contributed by atoms with Crippen molar-refractivity contribution in [2.24, 2.45) is 0 Å². The van der Waals surface area contributed by atoms with Gasteiger partial charge in [-0.2, -0.15) is 0 Å². The van der Waals surface area contributed by atoms with Crippen LogP contribution in [0.25, 0.3) is 0 Å². The number of hydrogen-bond donors (Lipinski definition) is 1. The number of aryl methyl sites for hydroxylation is 1. The van der Waals surface area contributed by atoms with Crippen LogP contribution in [0.2, 0.25) is 0 Å². The Kier molecular flexibility index (Phi) is 3.88. The highest BCUT2D eigenvalue weighted by Gasteiger charge is 2.25. The molecule has 0 fully saturated rings. The maximum Gasteiger partial charge on any atom is 0.0211 e. The molecule has 20 heavy (non-hydrogen) atoms. The maximum absolute atomic E-state index is 3.72. The van der Waals surface area contributed by atoms with Crippen molar-refractivity contribution in [2.75, 3.05) is 0 Å². The van der Waals surface area contributed by atoms with Crippen LogP contribution in [0.5, 0.6) is 0 Å². The first kappa shape index (κ1) is 13.4. The van der Waals surface area contributed by atoms with Crippen LogP contribution in [0.4, 0.5) is 0 Å². The molecule has 0 saturated heterocycles. The van der Waals surface area contributed by atoms with E-state index in [2.05, 4.69) is 67.7 Å². The summed E-state index contributed by atoms with van der Waals surface area (Å²) < 4.78 is 0. The van der Waals surface area contributed by atoms with Crippen LogP contribution in [-0.4, -0.2) is 6.04 Å². The third-order valence-electron chi connectivity index (χ3n) is 4.56. The summed E-state index contributed by atoms with van der Waals surface area (Å²) in [4.78, 5) is 0. The average molecular weight is 265 g/mol. The highest BCUT2D eigenvalue weighted by molar-refractivity contribution is 5.37. The van der Waals surface area contributed by atoms with Crippen LogP contribution in [-0.2, 0) is 19.4 Å². The third kappa shape index (κ3) is 2.64. The van der Waals surface area contributed by atoms with Gasteiger partial charge in [0.1, 0.15) is 0 Å². The van der Waals surface area contributed by atoms with E-state index in [0.29, 0.717) is 12.0 Å².